The molecule has 0 fully saturated rings. The van der Waals surface area contributed by atoms with E-state index in [-0.39, 0.29) is 0 Å². The monoisotopic (exact) mass is 804 g/mol. The second kappa shape index (κ2) is 13.8. The second-order valence-corrected chi connectivity index (χ2v) is 16.3. The van der Waals surface area contributed by atoms with E-state index >= 15 is 0 Å². The van der Waals surface area contributed by atoms with Gasteiger partial charge in [-0.25, -0.2) is 15.0 Å². The number of aromatic nitrogens is 4. The Morgan fingerprint density at radius 3 is 1.62 bits per heavy atom. The van der Waals surface area contributed by atoms with Crippen molar-refractivity contribution in [1.82, 2.24) is 19.5 Å². The molecule has 13 rings (SSSR count). The molecule has 1 aliphatic rings. The van der Waals surface area contributed by atoms with E-state index in [9.17, 15) is 0 Å². The summed E-state index contributed by atoms with van der Waals surface area (Å²) in [7, 11) is 0. The van der Waals surface area contributed by atoms with Crippen LogP contribution in [0.4, 0.5) is 0 Å². The Bertz CT molecular complexity index is 3650. The quantitative estimate of drug-likeness (QED) is 0.168. The lowest BCUT2D eigenvalue weighted by Gasteiger charge is -2.32. The molecular formula is C58H36N4O. The molecule has 5 nitrogen and oxygen atoms in total. The van der Waals surface area contributed by atoms with Crippen LogP contribution in [-0.4, -0.2) is 19.5 Å². The summed E-state index contributed by atoms with van der Waals surface area (Å²) in [6, 6.07) is 77.1. The Morgan fingerprint density at radius 1 is 0.365 bits per heavy atom. The zero-order valence-electron chi connectivity index (χ0n) is 34.0. The highest BCUT2D eigenvalue weighted by Crippen LogP contribution is 2.56. The van der Waals surface area contributed by atoms with Crippen molar-refractivity contribution in [2.45, 2.75) is 5.41 Å². The summed E-state index contributed by atoms with van der Waals surface area (Å²) in [5.41, 5.74) is 13.7. The maximum absolute atomic E-state index is 6.60. The van der Waals surface area contributed by atoms with Crippen molar-refractivity contribution in [2.24, 2.45) is 0 Å². The average Bonchev–Trinajstić information content (AvgIpc) is 4.00. The SMILES string of the molecule is c1ccc(-c2ccc(-c3nc(-c4cccc(-n5c6ccccc6c6ccccc65)c4)nc(C4(c5ccc6c(c5)oc5ccccc56)c5ccccc5-c5ccccc54)n3)cc2)cc1. The van der Waals surface area contributed by atoms with E-state index in [1.54, 1.807) is 0 Å². The average molecular weight is 805 g/mol. The van der Waals surface area contributed by atoms with Crippen molar-refractivity contribution >= 4 is 43.7 Å². The van der Waals surface area contributed by atoms with Gasteiger partial charge in [0, 0.05) is 38.4 Å². The molecule has 12 aromatic rings. The summed E-state index contributed by atoms with van der Waals surface area (Å²) in [4.78, 5) is 16.6. The van der Waals surface area contributed by atoms with Gasteiger partial charge in [-0.15, -0.1) is 0 Å². The van der Waals surface area contributed by atoms with Crippen LogP contribution < -0.4 is 0 Å². The molecule has 1 aliphatic carbocycles. The molecule has 0 saturated carbocycles. The fraction of sp³-hybridized carbons (Fsp3) is 0.0172. The molecule has 0 aliphatic heterocycles. The number of furan rings is 1. The van der Waals surface area contributed by atoms with Gasteiger partial charge in [0.05, 0.1) is 11.0 Å². The summed E-state index contributed by atoms with van der Waals surface area (Å²) in [6.45, 7) is 0. The number of para-hydroxylation sites is 3. The van der Waals surface area contributed by atoms with Crippen LogP contribution in [0, 0.1) is 0 Å². The lowest BCUT2D eigenvalue weighted by Crippen LogP contribution is -2.31. The molecule has 0 bridgehead atoms. The third kappa shape index (κ3) is 5.33. The normalized spacial score (nSPS) is 12.9. The van der Waals surface area contributed by atoms with Gasteiger partial charge in [-0.3, -0.25) is 0 Å². The minimum atomic E-state index is -0.915. The van der Waals surface area contributed by atoms with E-state index in [2.05, 4.69) is 205 Å². The van der Waals surface area contributed by atoms with Gasteiger partial charge in [-0.05, 0) is 75.3 Å². The third-order valence-corrected chi connectivity index (χ3v) is 12.9. The van der Waals surface area contributed by atoms with Gasteiger partial charge in [0.1, 0.15) is 16.6 Å². The fourth-order valence-electron chi connectivity index (χ4n) is 10.1. The van der Waals surface area contributed by atoms with Crippen LogP contribution in [0.15, 0.2) is 223 Å². The van der Waals surface area contributed by atoms with Gasteiger partial charge in [0.15, 0.2) is 17.5 Å². The van der Waals surface area contributed by atoms with E-state index in [4.69, 9.17) is 19.4 Å². The molecule has 3 heterocycles. The van der Waals surface area contributed by atoms with E-state index < -0.39 is 5.41 Å². The van der Waals surface area contributed by atoms with E-state index in [0.29, 0.717) is 17.5 Å². The standard InChI is InChI=1S/C58H36N4O/c1-2-15-37(16-3-1)38-29-31-39(32-30-38)55-59-56(40-17-14-18-42(35-40)62-51-26-11-6-21-45(51)46-22-7-12-27-52(46)62)61-57(60-55)58(49-24-9-4-19-43(49)44-20-5-10-25-50(44)58)41-33-34-48-47-23-8-13-28-53(47)63-54(48)36-41/h1-36H. The van der Waals surface area contributed by atoms with Crippen LogP contribution in [0.2, 0.25) is 0 Å². The lowest BCUT2D eigenvalue weighted by atomic mass is 9.71. The van der Waals surface area contributed by atoms with Crippen molar-refractivity contribution in [2.75, 3.05) is 0 Å². The summed E-state index contributed by atoms with van der Waals surface area (Å²) in [6.07, 6.45) is 0. The number of nitrogens with zero attached hydrogens (tertiary/aromatic N) is 4. The van der Waals surface area contributed by atoms with Crippen LogP contribution in [0.1, 0.15) is 22.5 Å². The van der Waals surface area contributed by atoms with Crippen LogP contribution in [0.3, 0.4) is 0 Å². The minimum Gasteiger partial charge on any atom is -0.456 e. The Hall–Kier alpha value is -8.41. The van der Waals surface area contributed by atoms with Crippen LogP contribution in [0.25, 0.3) is 94.5 Å². The van der Waals surface area contributed by atoms with Crippen LogP contribution >= 0.6 is 0 Å². The lowest BCUT2D eigenvalue weighted by molar-refractivity contribution is 0.660. The molecule has 0 unspecified atom stereocenters. The van der Waals surface area contributed by atoms with Crippen LogP contribution in [0.5, 0.6) is 0 Å². The Labute approximate surface area is 363 Å². The molecule has 294 valence electrons. The Balaban J connectivity index is 1.09. The highest BCUT2D eigenvalue weighted by atomic mass is 16.3. The van der Waals surface area contributed by atoms with Crippen molar-refractivity contribution in [3.63, 3.8) is 0 Å². The van der Waals surface area contributed by atoms with E-state index in [1.807, 2.05) is 18.2 Å². The highest BCUT2D eigenvalue weighted by Gasteiger charge is 2.49. The molecule has 0 N–H and O–H groups in total. The Kier molecular flexibility index (Phi) is 7.75. The van der Waals surface area contributed by atoms with Crippen LogP contribution in [-0.2, 0) is 5.41 Å². The number of hydrogen-bond donors (Lipinski definition) is 0. The molecule has 3 aromatic heterocycles. The van der Waals surface area contributed by atoms with Gasteiger partial charge in [-0.1, -0.05) is 182 Å². The van der Waals surface area contributed by atoms with Crippen molar-refractivity contribution in [1.29, 1.82) is 0 Å². The molecule has 0 spiro atoms. The van der Waals surface area contributed by atoms with Gasteiger partial charge >= 0.3 is 0 Å². The van der Waals surface area contributed by atoms with Gasteiger partial charge < -0.3 is 8.98 Å². The first-order chi connectivity index (χ1) is 31.2. The first-order valence-corrected chi connectivity index (χ1v) is 21.3. The summed E-state index contributed by atoms with van der Waals surface area (Å²) >= 11 is 0. The zero-order valence-corrected chi connectivity index (χ0v) is 34.0. The largest absolute Gasteiger partial charge is 0.456 e. The molecule has 63 heavy (non-hydrogen) atoms. The smallest absolute Gasteiger partial charge is 0.163 e. The minimum absolute atomic E-state index is 0.593. The molecule has 0 atom stereocenters. The first-order valence-electron chi connectivity index (χ1n) is 21.3. The van der Waals surface area contributed by atoms with Crippen molar-refractivity contribution in [3.8, 4) is 50.7 Å². The molecule has 0 saturated heterocycles. The zero-order chi connectivity index (χ0) is 41.5. The summed E-state index contributed by atoms with van der Waals surface area (Å²) in [5, 5.41) is 4.59. The molecule has 5 heteroatoms. The first kappa shape index (κ1) is 35.4. The number of benzene rings is 9. The van der Waals surface area contributed by atoms with Gasteiger partial charge in [0.25, 0.3) is 0 Å². The summed E-state index contributed by atoms with van der Waals surface area (Å²) in [5.74, 6) is 1.84. The molecule has 9 aromatic carbocycles. The van der Waals surface area contributed by atoms with Crippen molar-refractivity contribution in [3.05, 3.63) is 241 Å². The number of fused-ring (bicyclic) bond motifs is 9. The topological polar surface area (TPSA) is 56.7 Å². The second-order valence-electron chi connectivity index (χ2n) is 16.3. The van der Waals surface area contributed by atoms with E-state index in [0.717, 1.165) is 88.7 Å². The Morgan fingerprint density at radius 2 is 0.905 bits per heavy atom. The molecular weight excluding hydrogens is 769 g/mol. The predicted molar refractivity (Wildman–Crippen MR) is 255 cm³/mol. The number of hydrogen-bond acceptors (Lipinski definition) is 4. The maximum atomic E-state index is 6.60. The van der Waals surface area contributed by atoms with Crippen molar-refractivity contribution < 1.29 is 4.42 Å². The third-order valence-electron chi connectivity index (χ3n) is 12.9. The van der Waals surface area contributed by atoms with E-state index in [1.165, 1.54) is 10.8 Å². The fourth-order valence-corrected chi connectivity index (χ4v) is 10.1. The van der Waals surface area contributed by atoms with Gasteiger partial charge in [0.2, 0.25) is 0 Å². The molecule has 0 radical (unpaired) electrons. The highest BCUT2D eigenvalue weighted by molar-refractivity contribution is 6.09. The number of rotatable bonds is 6. The molecule has 0 amide bonds. The predicted octanol–water partition coefficient (Wildman–Crippen LogP) is 14.2. The summed E-state index contributed by atoms with van der Waals surface area (Å²) < 4.78 is 8.94. The maximum Gasteiger partial charge on any atom is 0.163 e. The van der Waals surface area contributed by atoms with Gasteiger partial charge in [-0.2, -0.15) is 0 Å².